The second kappa shape index (κ2) is 7.03. The molecule has 0 fully saturated rings. The Hall–Kier alpha value is -1.88. The predicted octanol–water partition coefficient (Wildman–Crippen LogP) is 2.70. The fourth-order valence-electron chi connectivity index (χ4n) is 2.88. The van der Waals surface area contributed by atoms with Crippen LogP contribution >= 0.6 is 34.4 Å². The third-order valence-corrected chi connectivity index (χ3v) is 6.52. The third kappa shape index (κ3) is 3.25. The molecule has 1 aliphatic heterocycles. The number of halogens is 1. The molecular formula is C17H16IN5O2S. The summed E-state index contributed by atoms with van der Waals surface area (Å²) in [5.41, 5.74) is 8.85. The number of ether oxygens (including phenoxy) is 1. The molecule has 1 aromatic carbocycles. The average molecular weight is 481 g/mol. The van der Waals surface area contributed by atoms with Gasteiger partial charge >= 0.3 is 0 Å². The first-order valence-electron chi connectivity index (χ1n) is 8.12. The highest BCUT2D eigenvalue weighted by atomic mass is 127. The van der Waals surface area contributed by atoms with Gasteiger partial charge in [0.1, 0.15) is 17.6 Å². The van der Waals surface area contributed by atoms with E-state index in [2.05, 4.69) is 44.7 Å². The van der Waals surface area contributed by atoms with Gasteiger partial charge in [0.25, 0.3) is 0 Å². The standard InChI is InChI=1S/C17H16IN5O2S/c1-9-15-16(21-8-20-9)23(4-2-14(19)24)17(22-15)26-13-7-12-10(3-5-25-12)6-11(13)18/h6-8H,2-5H2,1H3,(H2,19,24). The largest absolute Gasteiger partial charge is 0.493 e. The summed E-state index contributed by atoms with van der Waals surface area (Å²) in [6.45, 7) is 3.06. The summed E-state index contributed by atoms with van der Waals surface area (Å²) < 4.78 is 8.77. The first-order valence-corrected chi connectivity index (χ1v) is 10.0. The Balaban J connectivity index is 1.77. The minimum absolute atomic E-state index is 0.229. The molecule has 0 aliphatic carbocycles. The molecule has 1 aliphatic rings. The van der Waals surface area contributed by atoms with Crippen LogP contribution in [0.5, 0.6) is 5.75 Å². The van der Waals surface area contributed by atoms with E-state index in [4.69, 9.17) is 15.5 Å². The Labute approximate surface area is 167 Å². The lowest BCUT2D eigenvalue weighted by Gasteiger charge is -2.09. The van der Waals surface area contributed by atoms with Crippen molar-refractivity contribution in [3.8, 4) is 5.75 Å². The summed E-state index contributed by atoms with van der Waals surface area (Å²) in [5, 5.41) is 0.765. The van der Waals surface area contributed by atoms with Crippen molar-refractivity contribution in [2.75, 3.05) is 6.61 Å². The molecule has 0 bridgehead atoms. The van der Waals surface area contributed by atoms with E-state index >= 15 is 0 Å². The van der Waals surface area contributed by atoms with Crippen LogP contribution in [0.1, 0.15) is 17.7 Å². The van der Waals surface area contributed by atoms with Crippen LogP contribution in [0.3, 0.4) is 0 Å². The van der Waals surface area contributed by atoms with E-state index in [-0.39, 0.29) is 12.3 Å². The highest BCUT2D eigenvalue weighted by Crippen LogP contribution is 2.38. The van der Waals surface area contributed by atoms with Gasteiger partial charge in [-0.25, -0.2) is 15.0 Å². The summed E-state index contributed by atoms with van der Waals surface area (Å²) >= 11 is 3.87. The number of rotatable bonds is 5. The van der Waals surface area contributed by atoms with Gasteiger partial charge in [0, 0.05) is 27.9 Å². The van der Waals surface area contributed by atoms with Gasteiger partial charge in [-0.1, -0.05) is 11.8 Å². The zero-order valence-corrected chi connectivity index (χ0v) is 17.0. The van der Waals surface area contributed by atoms with Gasteiger partial charge in [0.15, 0.2) is 10.8 Å². The van der Waals surface area contributed by atoms with Gasteiger partial charge in [-0.05, 0) is 47.2 Å². The lowest BCUT2D eigenvalue weighted by Crippen LogP contribution is -2.14. The maximum atomic E-state index is 11.3. The van der Waals surface area contributed by atoms with Gasteiger partial charge in [-0.15, -0.1) is 0 Å². The summed E-state index contributed by atoms with van der Waals surface area (Å²) in [5.74, 6) is 0.581. The number of amides is 1. The minimum atomic E-state index is -0.353. The summed E-state index contributed by atoms with van der Waals surface area (Å²) in [6, 6.07) is 4.22. The van der Waals surface area contributed by atoms with Crippen molar-refractivity contribution in [2.24, 2.45) is 5.73 Å². The molecular weight excluding hydrogens is 465 g/mol. The normalized spacial score (nSPS) is 13.0. The van der Waals surface area contributed by atoms with Gasteiger partial charge in [0.2, 0.25) is 5.91 Å². The fourth-order valence-corrected chi connectivity index (χ4v) is 4.69. The molecule has 0 spiro atoms. The Kier molecular flexibility index (Phi) is 4.74. The van der Waals surface area contributed by atoms with Crippen LogP contribution in [-0.2, 0) is 17.8 Å². The molecule has 1 amide bonds. The topological polar surface area (TPSA) is 95.9 Å². The minimum Gasteiger partial charge on any atom is -0.493 e. The summed E-state index contributed by atoms with van der Waals surface area (Å²) in [7, 11) is 0. The maximum Gasteiger partial charge on any atom is 0.219 e. The number of aryl methyl sites for hydroxylation is 2. The molecule has 134 valence electrons. The second-order valence-electron chi connectivity index (χ2n) is 5.98. The van der Waals surface area contributed by atoms with Crippen LogP contribution in [0.2, 0.25) is 0 Å². The summed E-state index contributed by atoms with van der Waals surface area (Å²) in [6.07, 6.45) is 2.69. The van der Waals surface area contributed by atoms with Crippen LogP contribution in [0, 0.1) is 10.5 Å². The quantitative estimate of drug-likeness (QED) is 0.564. The predicted molar refractivity (Wildman–Crippen MR) is 106 cm³/mol. The van der Waals surface area contributed by atoms with E-state index < -0.39 is 0 Å². The third-order valence-electron chi connectivity index (χ3n) is 4.21. The molecule has 0 saturated heterocycles. The fraction of sp³-hybridized carbons (Fsp3) is 0.294. The first-order chi connectivity index (χ1) is 12.5. The van der Waals surface area contributed by atoms with Crippen LogP contribution in [0.15, 0.2) is 28.5 Å². The van der Waals surface area contributed by atoms with Crippen molar-refractivity contribution in [3.05, 3.63) is 33.3 Å². The van der Waals surface area contributed by atoms with E-state index in [1.54, 1.807) is 0 Å². The van der Waals surface area contributed by atoms with E-state index in [0.717, 1.165) is 43.6 Å². The SMILES string of the molecule is Cc1ncnc2c1nc(Sc1cc3c(cc1I)CCO3)n2CCC(N)=O. The number of benzene rings is 1. The van der Waals surface area contributed by atoms with Gasteiger partial charge < -0.3 is 15.0 Å². The van der Waals surface area contributed by atoms with Gasteiger partial charge in [-0.2, -0.15) is 0 Å². The molecule has 7 nitrogen and oxygen atoms in total. The molecule has 0 atom stereocenters. The summed E-state index contributed by atoms with van der Waals surface area (Å²) in [4.78, 5) is 25.6. The van der Waals surface area contributed by atoms with Crippen molar-refractivity contribution in [1.29, 1.82) is 0 Å². The molecule has 0 radical (unpaired) electrons. The highest BCUT2D eigenvalue weighted by molar-refractivity contribution is 14.1. The zero-order chi connectivity index (χ0) is 18.3. The van der Waals surface area contributed by atoms with Crippen LogP contribution in [0.4, 0.5) is 0 Å². The molecule has 2 aromatic heterocycles. The van der Waals surface area contributed by atoms with E-state index in [1.807, 2.05) is 11.5 Å². The second-order valence-corrected chi connectivity index (χ2v) is 8.16. The number of nitrogens with two attached hydrogens (primary N) is 1. The monoisotopic (exact) mass is 481 g/mol. The lowest BCUT2D eigenvalue weighted by atomic mass is 10.2. The van der Waals surface area contributed by atoms with Crippen molar-refractivity contribution in [3.63, 3.8) is 0 Å². The number of hydrogen-bond acceptors (Lipinski definition) is 6. The number of imidazole rings is 1. The Morgan fingerprint density at radius 3 is 3.08 bits per heavy atom. The molecule has 4 rings (SSSR count). The number of carbonyl (C=O) groups is 1. The van der Waals surface area contributed by atoms with E-state index in [0.29, 0.717) is 12.2 Å². The number of primary amides is 1. The van der Waals surface area contributed by atoms with Crippen LogP contribution < -0.4 is 10.5 Å². The molecule has 0 unspecified atom stereocenters. The van der Waals surface area contributed by atoms with Crippen molar-refractivity contribution >= 4 is 51.4 Å². The molecule has 0 saturated carbocycles. The van der Waals surface area contributed by atoms with Crippen LogP contribution in [0.25, 0.3) is 11.2 Å². The van der Waals surface area contributed by atoms with Crippen molar-refractivity contribution in [2.45, 2.75) is 36.4 Å². The Morgan fingerprint density at radius 1 is 1.42 bits per heavy atom. The molecule has 2 N–H and O–H groups in total. The van der Waals surface area contributed by atoms with E-state index in [1.165, 1.54) is 23.7 Å². The van der Waals surface area contributed by atoms with E-state index in [9.17, 15) is 4.79 Å². The average Bonchev–Trinajstić information content (AvgIpc) is 3.18. The van der Waals surface area contributed by atoms with Crippen LogP contribution in [-0.4, -0.2) is 32.0 Å². The number of carbonyl (C=O) groups excluding carboxylic acids is 1. The highest BCUT2D eigenvalue weighted by Gasteiger charge is 2.20. The first kappa shape index (κ1) is 17.5. The number of hydrogen-bond donors (Lipinski definition) is 1. The lowest BCUT2D eigenvalue weighted by molar-refractivity contribution is -0.118. The number of nitrogens with zero attached hydrogens (tertiary/aromatic N) is 4. The maximum absolute atomic E-state index is 11.3. The van der Waals surface area contributed by atoms with Gasteiger partial charge in [-0.3, -0.25) is 4.79 Å². The number of aromatic nitrogens is 4. The van der Waals surface area contributed by atoms with Gasteiger partial charge in [0.05, 0.1) is 12.3 Å². The number of fused-ring (bicyclic) bond motifs is 2. The van der Waals surface area contributed by atoms with Crippen molar-refractivity contribution < 1.29 is 9.53 Å². The molecule has 3 aromatic rings. The van der Waals surface area contributed by atoms with Crippen molar-refractivity contribution in [1.82, 2.24) is 19.5 Å². The molecule has 9 heteroatoms. The molecule has 3 heterocycles. The molecule has 26 heavy (non-hydrogen) atoms. The zero-order valence-electron chi connectivity index (χ0n) is 14.0. The smallest absolute Gasteiger partial charge is 0.219 e. The Bertz CT molecular complexity index is 1020. The Morgan fingerprint density at radius 2 is 2.27 bits per heavy atom.